The van der Waals surface area contributed by atoms with Crippen LogP contribution in [0.1, 0.15) is 58.1 Å². The van der Waals surface area contributed by atoms with E-state index in [4.69, 9.17) is 0 Å². The van der Waals surface area contributed by atoms with E-state index in [9.17, 15) is 39.9 Å². The van der Waals surface area contributed by atoms with Gasteiger partial charge in [0.15, 0.2) is 6.29 Å². The van der Waals surface area contributed by atoms with Gasteiger partial charge >= 0.3 is 12.4 Å². The van der Waals surface area contributed by atoms with Crippen molar-refractivity contribution in [3.8, 4) is 0 Å². The number of hydrogen-bond donors (Lipinski definition) is 1. The molecule has 3 heterocycles. The Labute approximate surface area is 202 Å². The van der Waals surface area contributed by atoms with Crippen LogP contribution in [0.25, 0.3) is 0 Å². The zero-order chi connectivity index (χ0) is 26.7. The highest BCUT2D eigenvalue weighted by Gasteiger charge is 2.39. The van der Waals surface area contributed by atoms with E-state index in [1.54, 1.807) is 0 Å². The first kappa shape index (κ1) is 28.0. The zero-order valence-corrected chi connectivity index (χ0v) is 19.4. The quantitative estimate of drug-likeness (QED) is 0.434. The number of carbonyl (C=O) groups is 1. The largest absolute Gasteiger partial charge is 0.419 e. The van der Waals surface area contributed by atoms with Gasteiger partial charge in [0.1, 0.15) is 17.3 Å². The number of rotatable bonds is 3. The maximum Gasteiger partial charge on any atom is 0.419 e. The van der Waals surface area contributed by atoms with Crippen molar-refractivity contribution < 1.29 is 39.9 Å². The molecule has 5 nitrogen and oxygen atoms in total. The van der Waals surface area contributed by atoms with Gasteiger partial charge < -0.3 is 4.90 Å². The van der Waals surface area contributed by atoms with Crippen LogP contribution in [0, 0.1) is 11.6 Å². The average molecular weight is 526 g/mol. The second kappa shape index (κ2) is 11.2. The number of carbonyl (C=O) groups excluding carboxylic acids is 1. The van der Waals surface area contributed by atoms with Gasteiger partial charge in [-0.05, 0) is 63.4 Å². The lowest BCUT2D eigenvalue weighted by molar-refractivity contribution is -0.147. The highest BCUT2D eigenvalue weighted by molar-refractivity contribution is 5.74. The van der Waals surface area contributed by atoms with Gasteiger partial charge in [-0.25, -0.2) is 8.78 Å². The molecule has 0 saturated carbocycles. The third-order valence-corrected chi connectivity index (χ3v) is 6.32. The predicted octanol–water partition coefficient (Wildman–Crippen LogP) is 5.33. The van der Waals surface area contributed by atoms with E-state index in [1.807, 2.05) is 11.9 Å². The van der Waals surface area contributed by atoms with Crippen LogP contribution in [0.5, 0.6) is 0 Å². The lowest BCUT2D eigenvalue weighted by atomic mass is 9.88. The Bertz CT molecular complexity index is 1050. The molecule has 0 radical (unpaired) electrons. The van der Waals surface area contributed by atoms with Crippen molar-refractivity contribution in [1.29, 1.82) is 0 Å². The van der Waals surface area contributed by atoms with Crippen LogP contribution >= 0.6 is 0 Å². The Morgan fingerprint density at radius 1 is 1.08 bits per heavy atom. The van der Waals surface area contributed by atoms with Crippen LogP contribution in [-0.2, 0) is 19.1 Å². The number of fused-ring (bicyclic) bond motifs is 1. The van der Waals surface area contributed by atoms with Crippen molar-refractivity contribution in [3.63, 3.8) is 0 Å². The number of benzene rings is 1. The van der Waals surface area contributed by atoms with E-state index < -0.39 is 42.0 Å². The van der Waals surface area contributed by atoms with Crippen molar-refractivity contribution in [1.82, 2.24) is 20.0 Å². The Hall–Kier alpha value is -2.54. The zero-order valence-electron chi connectivity index (χ0n) is 19.4. The summed E-state index contributed by atoms with van der Waals surface area (Å²) in [6.45, 7) is 0.945. The molecule has 0 spiro atoms. The summed E-state index contributed by atoms with van der Waals surface area (Å²) in [4.78, 5) is 13.9. The molecule has 1 saturated heterocycles. The number of aldehydes is 1. The smallest absolute Gasteiger partial charge is 0.306 e. The minimum atomic E-state index is -4.80. The van der Waals surface area contributed by atoms with E-state index in [-0.39, 0.29) is 12.1 Å². The second-order valence-electron chi connectivity index (χ2n) is 9.04. The Kier molecular flexibility index (Phi) is 8.75. The van der Waals surface area contributed by atoms with Crippen molar-refractivity contribution in [3.05, 3.63) is 51.8 Å². The molecule has 1 fully saturated rings. The molecule has 2 aromatic rings. The molecule has 2 aliphatic heterocycles. The fraction of sp³-hybridized carbons (Fsp3) is 0.565. The maximum atomic E-state index is 13.6. The van der Waals surface area contributed by atoms with Crippen molar-refractivity contribution in [2.24, 2.45) is 0 Å². The third-order valence-electron chi connectivity index (χ3n) is 6.32. The molecular formula is C23H26F8N4O. The molecule has 1 aromatic carbocycles. The summed E-state index contributed by atoms with van der Waals surface area (Å²) < 4.78 is 102. The van der Waals surface area contributed by atoms with Gasteiger partial charge in [-0.2, -0.15) is 31.4 Å². The monoisotopic (exact) mass is 526 g/mol. The highest BCUT2D eigenvalue weighted by atomic mass is 19.4. The number of H-pyrrole nitrogens is 1. The summed E-state index contributed by atoms with van der Waals surface area (Å²) in [5, 5.41) is 6.35. The Morgan fingerprint density at radius 2 is 1.81 bits per heavy atom. The number of alkyl halides is 6. The lowest BCUT2D eigenvalue weighted by Crippen LogP contribution is -2.38. The van der Waals surface area contributed by atoms with E-state index in [2.05, 4.69) is 10.2 Å². The molecule has 1 atom stereocenters. The van der Waals surface area contributed by atoms with E-state index in [1.165, 1.54) is 4.90 Å². The van der Waals surface area contributed by atoms with Gasteiger partial charge in [0.2, 0.25) is 0 Å². The minimum Gasteiger partial charge on any atom is -0.306 e. The summed E-state index contributed by atoms with van der Waals surface area (Å²) in [5.74, 6) is -2.94. The van der Waals surface area contributed by atoms with Crippen molar-refractivity contribution in [2.45, 2.75) is 50.5 Å². The van der Waals surface area contributed by atoms with Crippen LogP contribution in [-0.4, -0.2) is 65.7 Å². The van der Waals surface area contributed by atoms with Gasteiger partial charge in [0, 0.05) is 24.7 Å². The van der Waals surface area contributed by atoms with Gasteiger partial charge in [-0.3, -0.25) is 14.8 Å². The highest BCUT2D eigenvalue weighted by Crippen LogP contribution is 2.40. The van der Waals surface area contributed by atoms with Crippen molar-refractivity contribution >= 4 is 6.29 Å². The third kappa shape index (κ3) is 7.25. The first-order valence-corrected chi connectivity index (χ1v) is 11.3. The standard InChI is InChI=1S/C14H16F5N.C9H10F3N3O/c1-20-5-2-3-9(4-6-20)11-7-10(15)8-12(16)13(11)14(17,18)19;10-9(11,12)5-15-2-1-6-7(3-15)13-14-8(6)4-16/h7-9H,2-6H2,1H3;4H,1-3,5H2,(H,13,14). The predicted molar refractivity (Wildman–Crippen MR) is 114 cm³/mol. The SMILES string of the molecule is CN1CCCC(c2cc(F)cc(F)c2C(F)(F)F)CC1.O=Cc1n[nH]c2c1CCN(CC(F)(F)F)C2. The van der Waals surface area contributed by atoms with E-state index in [0.717, 1.165) is 24.6 Å². The van der Waals surface area contributed by atoms with Gasteiger partial charge in [-0.15, -0.1) is 0 Å². The maximum absolute atomic E-state index is 13.6. The molecule has 1 N–H and O–H groups in total. The van der Waals surface area contributed by atoms with E-state index in [0.29, 0.717) is 56.1 Å². The molecule has 0 aliphatic carbocycles. The fourth-order valence-corrected chi connectivity index (χ4v) is 4.65. The number of likely N-dealkylation sites (tertiary alicyclic amines) is 1. The normalized spacial score (nSPS) is 19.8. The number of halogens is 8. The molecule has 2 aliphatic rings. The first-order valence-electron chi connectivity index (χ1n) is 11.3. The van der Waals surface area contributed by atoms with Gasteiger partial charge in [-0.1, -0.05) is 0 Å². The average Bonchev–Trinajstić information content (AvgIpc) is 3.03. The molecule has 36 heavy (non-hydrogen) atoms. The van der Waals surface area contributed by atoms with Crippen LogP contribution < -0.4 is 0 Å². The van der Waals surface area contributed by atoms with Gasteiger partial charge in [0.05, 0.1) is 17.8 Å². The molecular weight excluding hydrogens is 500 g/mol. The van der Waals surface area contributed by atoms with Crippen molar-refractivity contribution in [2.75, 3.05) is 33.2 Å². The molecule has 200 valence electrons. The topological polar surface area (TPSA) is 52.2 Å². The summed E-state index contributed by atoms with van der Waals surface area (Å²) >= 11 is 0. The Balaban J connectivity index is 0.000000205. The fourth-order valence-electron chi connectivity index (χ4n) is 4.65. The number of aromatic amines is 1. The van der Waals surface area contributed by atoms with Crippen LogP contribution in [0.15, 0.2) is 12.1 Å². The Morgan fingerprint density at radius 3 is 2.44 bits per heavy atom. The van der Waals surface area contributed by atoms with Crippen LogP contribution in [0.3, 0.4) is 0 Å². The van der Waals surface area contributed by atoms with Crippen LogP contribution in [0.2, 0.25) is 0 Å². The molecule has 0 amide bonds. The molecule has 0 bridgehead atoms. The summed E-state index contributed by atoms with van der Waals surface area (Å²) in [6, 6.07) is 1.14. The second-order valence-corrected chi connectivity index (χ2v) is 9.04. The van der Waals surface area contributed by atoms with Crippen LogP contribution in [0.4, 0.5) is 35.1 Å². The summed E-state index contributed by atoms with van der Waals surface area (Å²) in [6.07, 6.45) is -6.24. The van der Waals surface area contributed by atoms with E-state index >= 15 is 0 Å². The van der Waals surface area contributed by atoms with Gasteiger partial charge in [0.25, 0.3) is 0 Å². The first-order chi connectivity index (χ1) is 16.8. The number of nitrogens with one attached hydrogen (secondary N) is 1. The number of hydrogen-bond acceptors (Lipinski definition) is 4. The minimum absolute atomic E-state index is 0.162. The molecule has 13 heteroatoms. The molecule has 4 rings (SSSR count). The molecule has 1 aromatic heterocycles. The summed E-state index contributed by atoms with van der Waals surface area (Å²) in [7, 11) is 1.89. The molecule has 1 unspecified atom stereocenters. The number of nitrogens with zero attached hydrogens (tertiary/aromatic N) is 3. The lowest BCUT2D eigenvalue weighted by Gasteiger charge is -2.27. The summed E-state index contributed by atoms with van der Waals surface area (Å²) in [5.41, 5.74) is 0.103. The number of aromatic nitrogens is 2.